The van der Waals surface area contributed by atoms with Crippen LogP contribution in [-0.4, -0.2) is 52.3 Å². The molecule has 4 bridgehead atoms. The van der Waals surface area contributed by atoms with E-state index in [1.807, 2.05) is 0 Å². The molecule has 0 unspecified atom stereocenters. The molecule has 6 nitrogen and oxygen atoms in total. The molecule has 0 spiro atoms. The summed E-state index contributed by atoms with van der Waals surface area (Å²) in [6, 6.07) is -0.590. The fraction of sp³-hybridized carbons (Fsp3) is 0.833. The molecule has 4 aliphatic carbocycles. The molecule has 0 aromatic carbocycles. The molecular formula is C18H25N3O3. The monoisotopic (exact) mass is 331 g/mol. The van der Waals surface area contributed by atoms with E-state index in [4.69, 9.17) is 0 Å². The molecular weight excluding hydrogens is 306 g/mol. The Bertz CT molecular complexity index is 559. The molecule has 0 radical (unpaired) electrons. The Hall–Kier alpha value is -1.59. The number of amides is 4. The second-order valence-corrected chi connectivity index (χ2v) is 8.80. The number of rotatable bonds is 3. The lowest BCUT2D eigenvalue weighted by atomic mass is 9.53. The predicted molar refractivity (Wildman–Crippen MR) is 85.9 cm³/mol. The first kappa shape index (κ1) is 14.7. The van der Waals surface area contributed by atoms with Gasteiger partial charge in [0, 0.05) is 12.1 Å². The average Bonchev–Trinajstić information content (AvgIpc) is 3.05. The first-order chi connectivity index (χ1) is 11.5. The highest BCUT2D eigenvalue weighted by Gasteiger charge is 2.52. The molecule has 6 rings (SSSR count). The fourth-order valence-corrected chi connectivity index (χ4v) is 6.57. The molecule has 0 aromatic heterocycles. The molecule has 2 saturated heterocycles. The second-order valence-electron chi connectivity index (χ2n) is 8.80. The molecule has 130 valence electrons. The summed E-state index contributed by atoms with van der Waals surface area (Å²) in [5.74, 6) is 1.95. The van der Waals surface area contributed by atoms with Crippen LogP contribution in [0, 0.1) is 17.8 Å². The van der Waals surface area contributed by atoms with Crippen molar-refractivity contribution in [3.05, 3.63) is 0 Å². The molecule has 6 aliphatic rings. The van der Waals surface area contributed by atoms with Crippen molar-refractivity contribution in [3.8, 4) is 0 Å². The van der Waals surface area contributed by atoms with Crippen LogP contribution in [0.1, 0.15) is 51.4 Å². The number of hydrogen-bond acceptors (Lipinski definition) is 3. The van der Waals surface area contributed by atoms with Gasteiger partial charge < -0.3 is 10.2 Å². The van der Waals surface area contributed by atoms with E-state index in [2.05, 4.69) is 5.32 Å². The number of nitrogens with one attached hydrogen (secondary N) is 1. The summed E-state index contributed by atoms with van der Waals surface area (Å²) in [6.07, 6.45) is 8.86. The lowest BCUT2D eigenvalue weighted by Gasteiger charge is -2.56. The van der Waals surface area contributed by atoms with E-state index in [9.17, 15) is 14.4 Å². The fourth-order valence-electron chi connectivity index (χ4n) is 6.57. The molecule has 4 amide bonds. The molecule has 2 aliphatic heterocycles. The first-order valence-corrected chi connectivity index (χ1v) is 9.46. The summed E-state index contributed by atoms with van der Waals surface area (Å²) in [5, 5.41) is 3.25. The van der Waals surface area contributed by atoms with E-state index >= 15 is 0 Å². The normalized spacial score (nSPS) is 42.8. The average molecular weight is 331 g/mol. The van der Waals surface area contributed by atoms with Gasteiger partial charge in [-0.15, -0.1) is 0 Å². The summed E-state index contributed by atoms with van der Waals surface area (Å²) in [7, 11) is 0. The molecule has 1 N–H and O–H groups in total. The van der Waals surface area contributed by atoms with E-state index in [0.29, 0.717) is 6.54 Å². The molecule has 6 fully saturated rings. The van der Waals surface area contributed by atoms with Gasteiger partial charge in [0.25, 0.3) is 5.91 Å². The van der Waals surface area contributed by atoms with Gasteiger partial charge in [0.15, 0.2) is 0 Å². The number of nitrogens with zero attached hydrogens (tertiary/aromatic N) is 2. The van der Waals surface area contributed by atoms with Gasteiger partial charge in [-0.3, -0.25) is 14.5 Å². The highest BCUT2D eigenvalue weighted by atomic mass is 16.2. The molecule has 24 heavy (non-hydrogen) atoms. The minimum atomic E-state index is -0.315. The Morgan fingerprint density at radius 2 is 1.71 bits per heavy atom. The van der Waals surface area contributed by atoms with Gasteiger partial charge in [-0.1, -0.05) is 0 Å². The zero-order valence-corrected chi connectivity index (χ0v) is 14.0. The molecule has 0 aromatic rings. The van der Waals surface area contributed by atoms with Crippen LogP contribution in [0.25, 0.3) is 0 Å². The van der Waals surface area contributed by atoms with Gasteiger partial charge in [-0.2, -0.15) is 0 Å². The maximum atomic E-state index is 12.6. The van der Waals surface area contributed by atoms with Gasteiger partial charge in [-0.05, 0) is 69.1 Å². The zero-order chi connectivity index (χ0) is 16.5. The van der Waals surface area contributed by atoms with Crippen molar-refractivity contribution >= 4 is 17.8 Å². The Kier molecular flexibility index (Phi) is 3.04. The molecule has 2 heterocycles. The van der Waals surface area contributed by atoms with Crippen LogP contribution in [0.4, 0.5) is 4.79 Å². The van der Waals surface area contributed by atoms with Crippen LogP contribution >= 0.6 is 0 Å². The largest absolute Gasteiger partial charge is 0.349 e. The van der Waals surface area contributed by atoms with Crippen molar-refractivity contribution in [2.24, 2.45) is 17.8 Å². The first-order valence-electron chi connectivity index (χ1n) is 9.46. The van der Waals surface area contributed by atoms with Crippen LogP contribution in [0.15, 0.2) is 0 Å². The van der Waals surface area contributed by atoms with E-state index < -0.39 is 0 Å². The number of carbonyl (C=O) groups is 3. The van der Waals surface area contributed by atoms with E-state index in [1.54, 1.807) is 4.90 Å². The number of imide groups is 1. The van der Waals surface area contributed by atoms with E-state index in [-0.39, 0.29) is 36.0 Å². The third kappa shape index (κ3) is 2.11. The lowest BCUT2D eigenvalue weighted by molar-refractivity contribution is -0.134. The minimum absolute atomic E-state index is 0.0617. The number of hydrogen-bond donors (Lipinski definition) is 1. The topological polar surface area (TPSA) is 69.7 Å². The summed E-state index contributed by atoms with van der Waals surface area (Å²) in [5.41, 5.74) is -0.0617. The third-order valence-corrected chi connectivity index (χ3v) is 7.03. The Morgan fingerprint density at radius 3 is 2.29 bits per heavy atom. The van der Waals surface area contributed by atoms with Gasteiger partial charge >= 0.3 is 6.03 Å². The highest BCUT2D eigenvalue weighted by molar-refractivity contribution is 6.06. The van der Waals surface area contributed by atoms with Crippen molar-refractivity contribution in [2.75, 3.05) is 13.1 Å². The minimum Gasteiger partial charge on any atom is -0.349 e. The van der Waals surface area contributed by atoms with Crippen LogP contribution in [0.2, 0.25) is 0 Å². The van der Waals surface area contributed by atoms with Crippen molar-refractivity contribution < 1.29 is 14.4 Å². The summed E-state index contributed by atoms with van der Waals surface area (Å²) < 4.78 is 0. The molecule has 4 saturated carbocycles. The van der Waals surface area contributed by atoms with Crippen molar-refractivity contribution in [2.45, 2.75) is 62.9 Å². The zero-order valence-electron chi connectivity index (χ0n) is 14.0. The summed E-state index contributed by atoms with van der Waals surface area (Å²) in [4.78, 5) is 40.1. The van der Waals surface area contributed by atoms with Gasteiger partial charge in [0.1, 0.15) is 12.6 Å². The third-order valence-electron chi connectivity index (χ3n) is 7.03. The van der Waals surface area contributed by atoms with Crippen molar-refractivity contribution in [3.63, 3.8) is 0 Å². The van der Waals surface area contributed by atoms with Crippen LogP contribution in [0.5, 0.6) is 0 Å². The molecule has 6 heteroatoms. The summed E-state index contributed by atoms with van der Waals surface area (Å²) in [6.45, 7) is 0.536. The van der Waals surface area contributed by atoms with Crippen molar-refractivity contribution in [1.29, 1.82) is 0 Å². The van der Waals surface area contributed by atoms with Crippen LogP contribution < -0.4 is 5.32 Å². The van der Waals surface area contributed by atoms with Gasteiger partial charge in [0.2, 0.25) is 5.91 Å². The number of carbonyl (C=O) groups excluding carboxylic acids is 3. The van der Waals surface area contributed by atoms with Gasteiger partial charge in [-0.25, -0.2) is 4.79 Å². The number of urea groups is 1. The molecule has 1 atom stereocenters. The maximum absolute atomic E-state index is 12.6. The quantitative estimate of drug-likeness (QED) is 0.797. The highest BCUT2D eigenvalue weighted by Crippen LogP contribution is 2.55. The van der Waals surface area contributed by atoms with Crippen LogP contribution in [0.3, 0.4) is 0 Å². The predicted octanol–water partition coefficient (Wildman–Crippen LogP) is 1.50. The second kappa shape index (κ2) is 4.96. The Labute approximate surface area is 141 Å². The Balaban J connectivity index is 1.27. The smallest absolute Gasteiger partial charge is 0.327 e. The maximum Gasteiger partial charge on any atom is 0.327 e. The summed E-state index contributed by atoms with van der Waals surface area (Å²) >= 11 is 0. The standard InChI is InChI=1S/C18H25N3O3/c22-15(10-21-16(23)14-2-1-3-20(14)17(21)24)19-18-7-11-4-12(8-18)6-13(5-11)9-18/h11-14H,1-10H2,(H,19,22)/t11?,12?,13?,14-,18?/m0/s1. The van der Waals surface area contributed by atoms with E-state index in [1.165, 1.54) is 24.2 Å². The van der Waals surface area contributed by atoms with Crippen molar-refractivity contribution in [1.82, 2.24) is 15.1 Å². The number of fused-ring (bicyclic) bond motifs is 1. The lowest BCUT2D eigenvalue weighted by Crippen LogP contribution is -2.61. The van der Waals surface area contributed by atoms with E-state index in [0.717, 1.165) is 49.9 Å². The SMILES string of the molecule is O=C(CN1C(=O)[C@@H]2CCCN2C1=O)NC12CC3CC(CC(C3)C1)C2. The Morgan fingerprint density at radius 1 is 1.08 bits per heavy atom. The van der Waals surface area contributed by atoms with Crippen LogP contribution in [-0.2, 0) is 9.59 Å². The van der Waals surface area contributed by atoms with Gasteiger partial charge in [0.05, 0.1) is 0 Å².